The van der Waals surface area contributed by atoms with E-state index >= 15 is 0 Å². The summed E-state index contributed by atoms with van der Waals surface area (Å²) in [6, 6.07) is 13.9. The number of pyridine rings is 1. The van der Waals surface area contributed by atoms with E-state index in [1.165, 1.54) is 37.2 Å². The summed E-state index contributed by atoms with van der Waals surface area (Å²) < 4.78 is 18.2. The average molecular weight is 539 g/mol. The van der Waals surface area contributed by atoms with E-state index in [1.807, 2.05) is 38.1 Å². The molecule has 4 rings (SSSR count). The lowest BCUT2D eigenvalue weighted by molar-refractivity contribution is 0.380. The summed E-state index contributed by atoms with van der Waals surface area (Å²) in [5.41, 5.74) is 1.88. The molecule has 0 spiro atoms. The molecule has 174 valence electrons. The van der Waals surface area contributed by atoms with E-state index in [2.05, 4.69) is 38.3 Å². The minimum Gasteiger partial charge on any atom is -0.285 e. The molecule has 1 saturated heterocycles. The van der Waals surface area contributed by atoms with Gasteiger partial charge in [0.25, 0.3) is 0 Å². The van der Waals surface area contributed by atoms with Crippen molar-refractivity contribution in [2.45, 2.75) is 52.7 Å². The fourth-order valence-corrected chi connectivity index (χ4v) is 6.80. The molecule has 1 aliphatic heterocycles. The standard InChI is InChI=1S/C24H25Cl2N3OS3/c1-16-12-23(21(26)14-20(16)25)33(30)28-24-13-17(2)22(15-27-24)31-18-6-8-19(9-7-18)32-29-10-4-3-5-11-29/h6-9,12-15H,3-5,10-11H2,1-2H3,(H,27,28). The summed E-state index contributed by atoms with van der Waals surface area (Å²) in [4.78, 5) is 8.44. The number of benzene rings is 2. The Labute approximate surface area is 216 Å². The molecule has 1 aliphatic rings. The predicted octanol–water partition coefficient (Wildman–Crippen LogP) is 7.78. The number of hydrogen-bond donors (Lipinski definition) is 1. The highest BCUT2D eigenvalue weighted by molar-refractivity contribution is 7.99. The molecule has 3 aromatic rings. The van der Waals surface area contributed by atoms with Gasteiger partial charge in [-0.25, -0.2) is 13.5 Å². The number of piperidine rings is 1. The normalized spacial score (nSPS) is 15.4. The number of nitrogens with zero attached hydrogens (tertiary/aromatic N) is 2. The monoisotopic (exact) mass is 537 g/mol. The maximum absolute atomic E-state index is 12.8. The van der Waals surface area contributed by atoms with Crippen LogP contribution in [0, 0.1) is 13.8 Å². The molecule has 0 aliphatic carbocycles. The number of halogens is 2. The van der Waals surface area contributed by atoms with Gasteiger partial charge in [-0.2, -0.15) is 0 Å². The Morgan fingerprint density at radius 3 is 2.33 bits per heavy atom. The van der Waals surface area contributed by atoms with Crippen LogP contribution in [0.3, 0.4) is 0 Å². The third-order valence-corrected chi connectivity index (χ3v) is 9.50. The van der Waals surface area contributed by atoms with Gasteiger partial charge in [-0.05, 0) is 92.2 Å². The van der Waals surface area contributed by atoms with Gasteiger partial charge in [-0.15, -0.1) is 0 Å². The summed E-state index contributed by atoms with van der Waals surface area (Å²) in [6.07, 6.45) is 5.74. The Morgan fingerprint density at radius 1 is 0.939 bits per heavy atom. The molecule has 1 N–H and O–H groups in total. The van der Waals surface area contributed by atoms with Gasteiger partial charge in [0.05, 0.1) is 9.92 Å². The zero-order valence-electron chi connectivity index (χ0n) is 18.4. The first-order valence-electron chi connectivity index (χ1n) is 10.7. The Kier molecular flexibility index (Phi) is 8.65. The van der Waals surface area contributed by atoms with Crippen LogP contribution in [-0.4, -0.2) is 26.6 Å². The fourth-order valence-electron chi connectivity index (χ4n) is 3.43. The molecular weight excluding hydrogens is 513 g/mol. The molecule has 1 aromatic heterocycles. The van der Waals surface area contributed by atoms with Gasteiger partial charge in [0.2, 0.25) is 0 Å². The molecule has 0 bridgehead atoms. The molecule has 9 heteroatoms. The highest BCUT2D eigenvalue weighted by atomic mass is 35.5. The number of rotatable bonds is 7. The summed E-state index contributed by atoms with van der Waals surface area (Å²) in [5.74, 6) is 0.534. The Bertz CT molecular complexity index is 1150. The highest BCUT2D eigenvalue weighted by Gasteiger charge is 2.14. The number of hydrogen-bond acceptors (Lipinski definition) is 5. The minimum atomic E-state index is -1.54. The van der Waals surface area contributed by atoms with Gasteiger partial charge in [0.15, 0.2) is 11.0 Å². The molecule has 2 aromatic carbocycles. The quantitative estimate of drug-likeness (QED) is 0.311. The maximum atomic E-state index is 12.8. The van der Waals surface area contributed by atoms with Crippen molar-refractivity contribution in [2.75, 3.05) is 17.8 Å². The largest absolute Gasteiger partial charge is 0.285 e. The summed E-state index contributed by atoms with van der Waals surface area (Å²) in [7, 11) is -1.54. The van der Waals surface area contributed by atoms with Crippen molar-refractivity contribution in [2.24, 2.45) is 0 Å². The van der Waals surface area contributed by atoms with Crippen LogP contribution in [-0.2, 0) is 11.0 Å². The topological polar surface area (TPSA) is 45.2 Å². The molecule has 0 radical (unpaired) electrons. The Hall–Kier alpha value is -1.22. The molecule has 2 heterocycles. The van der Waals surface area contributed by atoms with E-state index < -0.39 is 11.0 Å². The molecule has 0 saturated carbocycles. The minimum absolute atomic E-state index is 0.363. The van der Waals surface area contributed by atoms with E-state index in [-0.39, 0.29) is 0 Å². The van der Waals surface area contributed by atoms with Crippen molar-refractivity contribution in [1.82, 2.24) is 9.29 Å². The fraction of sp³-hybridized carbons (Fsp3) is 0.292. The van der Waals surface area contributed by atoms with Crippen molar-refractivity contribution in [3.05, 3.63) is 69.8 Å². The van der Waals surface area contributed by atoms with Crippen molar-refractivity contribution >= 4 is 63.7 Å². The van der Waals surface area contributed by atoms with Crippen LogP contribution < -0.4 is 4.72 Å². The van der Waals surface area contributed by atoms with E-state index in [1.54, 1.807) is 23.9 Å². The first-order valence-corrected chi connectivity index (χ1v) is 14.2. The van der Waals surface area contributed by atoms with Gasteiger partial charge in [-0.1, -0.05) is 41.4 Å². The molecule has 1 fully saturated rings. The summed E-state index contributed by atoms with van der Waals surface area (Å²) in [5, 5.41) is 0.913. The number of nitrogens with one attached hydrogen (secondary N) is 1. The van der Waals surface area contributed by atoms with Gasteiger partial charge in [-0.3, -0.25) is 4.72 Å². The van der Waals surface area contributed by atoms with Crippen LogP contribution in [0.15, 0.2) is 68.2 Å². The third-order valence-electron chi connectivity index (χ3n) is 5.27. The van der Waals surface area contributed by atoms with E-state index in [9.17, 15) is 4.21 Å². The average Bonchev–Trinajstić information content (AvgIpc) is 2.80. The number of aromatic nitrogens is 1. The second kappa shape index (κ2) is 11.5. The second-order valence-corrected chi connectivity index (χ2v) is 12.2. The van der Waals surface area contributed by atoms with Gasteiger partial charge in [0.1, 0.15) is 5.82 Å². The lowest BCUT2D eigenvalue weighted by atomic mass is 10.2. The van der Waals surface area contributed by atoms with E-state index in [0.29, 0.717) is 20.8 Å². The molecule has 33 heavy (non-hydrogen) atoms. The van der Waals surface area contributed by atoms with Gasteiger partial charge in [0, 0.05) is 39.0 Å². The summed E-state index contributed by atoms with van der Waals surface area (Å²) >= 11 is 15.8. The smallest absolute Gasteiger partial charge is 0.153 e. The van der Waals surface area contributed by atoms with Crippen LogP contribution in [0.25, 0.3) is 0 Å². The number of aryl methyl sites for hydroxylation is 2. The molecule has 0 amide bonds. The van der Waals surface area contributed by atoms with Crippen LogP contribution in [0.4, 0.5) is 5.82 Å². The lowest BCUT2D eigenvalue weighted by Crippen LogP contribution is -2.22. The number of anilines is 1. The highest BCUT2D eigenvalue weighted by Crippen LogP contribution is 2.34. The molecule has 1 atom stereocenters. The van der Waals surface area contributed by atoms with Crippen molar-refractivity contribution < 1.29 is 4.21 Å². The zero-order chi connectivity index (χ0) is 23.4. The van der Waals surface area contributed by atoms with Crippen LogP contribution >= 0.6 is 46.9 Å². The first kappa shape index (κ1) is 24.9. The first-order chi connectivity index (χ1) is 15.9. The SMILES string of the molecule is Cc1cc(S(=O)Nc2cc(C)c(Sc3ccc(SN4CCCCC4)cc3)cn2)c(Cl)cc1Cl. The van der Waals surface area contributed by atoms with E-state index in [0.717, 1.165) is 20.9 Å². The zero-order valence-corrected chi connectivity index (χ0v) is 22.4. The maximum Gasteiger partial charge on any atom is 0.153 e. The van der Waals surface area contributed by atoms with Gasteiger partial charge < -0.3 is 0 Å². The predicted molar refractivity (Wildman–Crippen MR) is 142 cm³/mol. The van der Waals surface area contributed by atoms with Crippen molar-refractivity contribution in [1.29, 1.82) is 0 Å². The van der Waals surface area contributed by atoms with Crippen LogP contribution in [0.5, 0.6) is 0 Å². The lowest BCUT2D eigenvalue weighted by Gasteiger charge is -2.25. The van der Waals surface area contributed by atoms with Crippen molar-refractivity contribution in [3.8, 4) is 0 Å². The molecule has 1 unspecified atom stereocenters. The van der Waals surface area contributed by atoms with Gasteiger partial charge >= 0.3 is 0 Å². The van der Waals surface area contributed by atoms with Crippen LogP contribution in [0.2, 0.25) is 10.0 Å². The Morgan fingerprint density at radius 2 is 1.64 bits per heavy atom. The van der Waals surface area contributed by atoms with Crippen molar-refractivity contribution in [3.63, 3.8) is 0 Å². The Balaban J connectivity index is 1.39. The molecular formula is C24H25Cl2N3OS3. The summed E-state index contributed by atoms with van der Waals surface area (Å²) in [6.45, 7) is 6.22. The molecule has 4 nitrogen and oxygen atoms in total. The third kappa shape index (κ3) is 6.68. The van der Waals surface area contributed by atoms with Crippen LogP contribution in [0.1, 0.15) is 30.4 Å². The second-order valence-electron chi connectivity index (χ2n) is 7.89. The van der Waals surface area contributed by atoms with E-state index in [4.69, 9.17) is 23.2 Å².